The summed E-state index contributed by atoms with van der Waals surface area (Å²) in [6.45, 7) is 5.13. The van der Waals surface area contributed by atoms with E-state index < -0.39 is 54.2 Å². The average molecular weight is 574 g/mol. The Morgan fingerprint density at radius 1 is 1.05 bits per heavy atom. The predicted octanol–water partition coefficient (Wildman–Crippen LogP) is 5.80. The number of amides is 2. The van der Waals surface area contributed by atoms with Crippen LogP contribution in [0.3, 0.4) is 0 Å². The maximum Gasteiger partial charge on any atom is 0.282 e. The van der Waals surface area contributed by atoms with Crippen LogP contribution in [0.4, 0.5) is 32.0 Å². The zero-order chi connectivity index (χ0) is 28.8. The van der Waals surface area contributed by atoms with Crippen molar-refractivity contribution in [2.75, 3.05) is 5.32 Å². The quantitative estimate of drug-likeness (QED) is 0.245. The van der Waals surface area contributed by atoms with Crippen LogP contribution >= 0.6 is 11.3 Å². The van der Waals surface area contributed by atoms with Crippen LogP contribution in [0.25, 0.3) is 21.3 Å². The van der Waals surface area contributed by atoms with Crippen LogP contribution in [0.5, 0.6) is 0 Å². The van der Waals surface area contributed by atoms with Crippen molar-refractivity contribution in [1.82, 2.24) is 24.5 Å². The van der Waals surface area contributed by atoms with Gasteiger partial charge >= 0.3 is 0 Å². The van der Waals surface area contributed by atoms with Crippen LogP contribution < -0.4 is 11.1 Å². The lowest BCUT2D eigenvalue weighted by Crippen LogP contribution is -2.27. The van der Waals surface area contributed by atoms with Crippen LogP contribution in [0.15, 0.2) is 18.3 Å². The number of fused-ring (bicyclic) bond motifs is 1. The van der Waals surface area contributed by atoms with E-state index in [1.165, 1.54) is 6.20 Å². The van der Waals surface area contributed by atoms with Gasteiger partial charge in [0.25, 0.3) is 25.2 Å². The normalized spacial score (nSPS) is 12.7. The van der Waals surface area contributed by atoms with Gasteiger partial charge in [0.15, 0.2) is 0 Å². The smallest absolute Gasteiger partial charge is 0.282 e. The van der Waals surface area contributed by atoms with Crippen molar-refractivity contribution in [1.29, 1.82) is 0 Å². The van der Waals surface area contributed by atoms with Gasteiger partial charge in [-0.05, 0) is 38.5 Å². The van der Waals surface area contributed by atoms with Gasteiger partial charge < -0.3 is 11.1 Å². The Hall–Kier alpha value is -3.95. The first-order valence-electron chi connectivity index (χ1n) is 11.4. The molecule has 0 aromatic carbocycles. The van der Waals surface area contributed by atoms with Crippen LogP contribution in [0.1, 0.15) is 71.6 Å². The first-order chi connectivity index (χ1) is 18.3. The van der Waals surface area contributed by atoms with Gasteiger partial charge in [0, 0.05) is 23.2 Å². The van der Waals surface area contributed by atoms with E-state index in [1.54, 1.807) is 11.6 Å². The summed E-state index contributed by atoms with van der Waals surface area (Å²) < 4.78 is 82.8. The summed E-state index contributed by atoms with van der Waals surface area (Å²) in [7, 11) is 0. The monoisotopic (exact) mass is 573 g/mol. The zero-order valence-corrected chi connectivity index (χ0v) is 21.4. The van der Waals surface area contributed by atoms with Gasteiger partial charge in [-0.15, -0.1) is 11.3 Å². The number of aromatic nitrogens is 5. The maximum atomic E-state index is 13.7. The molecule has 1 atom stereocenters. The van der Waals surface area contributed by atoms with Crippen molar-refractivity contribution in [2.45, 2.75) is 52.6 Å². The Morgan fingerprint density at radius 3 is 2.26 bits per heavy atom. The Bertz CT molecular complexity index is 1560. The number of carbonyl (C=O) groups is 2. The number of rotatable bonds is 9. The van der Waals surface area contributed by atoms with Crippen LogP contribution in [0, 0.1) is 6.92 Å². The molecule has 0 saturated carbocycles. The summed E-state index contributed by atoms with van der Waals surface area (Å²) in [5, 5.41) is 10.2. The number of nitrogens with zero attached hydrogens (tertiary/aromatic N) is 5. The molecule has 0 fully saturated rings. The molecule has 208 valence electrons. The minimum absolute atomic E-state index is 0.0458. The minimum atomic E-state index is -3.22. The van der Waals surface area contributed by atoms with E-state index in [2.05, 4.69) is 20.5 Å². The molecule has 0 saturated heterocycles. The number of primary amides is 1. The molecule has 1 unspecified atom stereocenters. The lowest BCUT2D eigenvalue weighted by molar-refractivity contribution is -0.119. The maximum absolute atomic E-state index is 13.7. The minimum Gasteiger partial charge on any atom is -0.365 e. The standard InChI is InChI=1S/C23H21F6N7O2S/c1-4-35-8(2)11(7-31-35)10-5-12(18(24)25)32-23-15(10)16(17(39-23)21(30)37)33-22(38)9(3)36-14(20(28)29)6-13(34-36)19(26)27/h5-7,9,18-20H,4H2,1-3H3,(H2,30,37)(H,33,38). The average Bonchev–Trinajstić information content (AvgIpc) is 3.58. The third kappa shape index (κ3) is 5.07. The second kappa shape index (κ2) is 10.7. The van der Waals surface area contributed by atoms with Gasteiger partial charge in [0.2, 0.25) is 5.91 Å². The van der Waals surface area contributed by atoms with Gasteiger partial charge in [-0.25, -0.2) is 31.3 Å². The van der Waals surface area contributed by atoms with E-state index in [1.807, 2.05) is 6.92 Å². The Morgan fingerprint density at radius 2 is 1.72 bits per heavy atom. The molecule has 4 aromatic heterocycles. The van der Waals surface area contributed by atoms with Crippen LogP contribution in [-0.2, 0) is 11.3 Å². The lowest BCUT2D eigenvalue weighted by Gasteiger charge is -2.16. The van der Waals surface area contributed by atoms with Crippen molar-refractivity contribution in [2.24, 2.45) is 5.73 Å². The van der Waals surface area contributed by atoms with Crippen molar-refractivity contribution in [3.8, 4) is 11.1 Å². The summed E-state index contributed by atoms with van der Waals surface area (Å²) >= 11 is 0.654. The fourth-order valence-electron chi connectivity index (χ4n) is 4.11. The number of halogens is 6. The third-order valence-corrected chi connectivity index (χ3v) is 7.15. The first-order valence-corrected chi connectivity index (χ1v) is 12.2. The molecule has 4 aromatic rings. The van der Waals surface area contributed by atoms with Crippen molar-refractivity contribution in [3.63, 3.8) is 0 Å². The molecule has 2 amide bonds. The van der Waals surface area contributed by atoms with Gasteiger partial charge in [0.1, 0.15) is 32.8 Å². The number of hydrogen-bond donors (Lipinski definition) is 2. The molecule has 4 heterocycles. The molecule has 0 aliphatic heterocycles. The molecular formula is C23H21F6N7O2S. The molecule has 0 aliphatic rings. The second-order valence-electron chi connectivity index (χ2n) is 8.41. The predicted molar refractivity (Wildman–Crippen MR) is 130 cm³/mol. The summed E-state index contributed by atoms with van der Waals surface area (Å²) in [6, 6.07) is 0.0551. The molecule has 0 spiro atoms. The Balaban J connectivity index is 1.89. The number of aryl methyl sites for hydroxylation is 1. The van der Waals surface area contributed by atoms with Crippen LogP contribution in [-0.4, -0.2) is 36.4 Å². The highest BCUT2D eigenvalue weighted by Gasteiger charge is 2.30. The number of hydrogen-bond acceptors (Lipinski definition) is 6. The number of alkyl halides is 6. The van der Waals surface area contributed by atoms with E-state index in [-0.39, 0.29) is 26.3 Å². The van der Waals surface area contributed by atoms with E-state index in [0.29, 0.717) is 39.9 Å². The van der Waals surface area contributed by atoms with Gasteiger partial charge in [-0.1, -0.05) is 0 Å². The topological polar surface area (TPSA) is 121 Å². The van der Waals surface area contributed by atoms with E-state index in [9.17, 15) is 35.9 Å². The van der Waals surface area contributed by atoms with Gasteiger partial charge in [-0.3, -0.25) is 19.0 Å². The largest absolute Gasteiger partial charge is 0.365 e. The first kappa shape index (κ1) is 28.1. The number of thiophene rings is 1. The molecule has 0 aliphatic carbocycles. The summed E-state index contributed by atoms with van der Waals surface area (Å²) in [4.78, 5) is 29.2. The van der Waals surface area contributed by atoms with Crippen molar-refractivity contribution in [3.05, 3.63) is 46.0 Å². The highest BCUT2D eigenvalue weighted by Crippen LogP contribution is 2.43. The van der Waals surface area contributed by atoms with E-state index in [0.717, 1.165) is 13.0 Å². The fraction of sp³-hybridized carbons (Fsp3) is 0.348. The molecule has 4 rings (SSSR count). The lowest BCUT2D eigenvalue weighted by atomic mass is 10.0. The third-order valence-electron chi connectivity index (χ3n) is 6.05. The number of pyridine rings is 1. The summed E-state index contributed by atoms with van der Waals surface area (Å²) in [6.07, 6.45) is -7.91. The Labute approximate surface area is 220 Å². The fourth-order valence-corrected chi connectivity index (χ4v) is 5.13. The molecular weight excluding hydrogens is 552 g/mol. The zero-order valence-electron chi connectivity index (χ0n) is 20.6. The van der Waals surface area contributed by atoms with Gasteiger partial charge in [-0.2, -0.15) is 10.2 Å². The number of nitrogens with two attached hydrogens (primary N) is 1. The molecule has 16 heteroatoms. The molecule has 0 radical (unpaired) electrons. The number of anilines is 1. The highest BCUT2D eigenvalue weighted by atomic mass is 32.1. The van der Waals surface area contributed by atoms with E-state index >= 15 is 0 Å². The van der Waals surface area contributed by atoms with Gasteiger partial charge in [0.05, 0.1) is 11.9 Å². The molecule has 39 heavy (non-hydrogen) atoms. The summed E-state index contributed by atoms with van der Waals surface area (Å²) in [5.74, 6) is -2.02. The van der Waals surface area contributed by atoms with Crippen LogP contribution in [0.2, 0.25) is 0 Å². The molecule has 9 nitrogen and oxygen atoms in total. The molecule has 3 N–H and O–H groups in total. The number of nitrogens with one attached hydrogen (secondary N) is 1. The SMILES string of the molecule is CCn1ncc(-c2cc(C(F)F)nc3sc(C(N)=O)c(NC(=O)C(C)n4nc(C(F)F)cc4C(F)F)c23)c1C. The number of carbonyl (C=O) groups excluding carboxylic acids is 2. The second-order valence-corrected chi connectivity index (χ2v) is 9.41. The highest BCUT2D eigenvalue weighted by molar-refractivity contribution is 7.21. The van der Waals surface area contributed by atoms with Crippen molar-refractivity contribution < 1.29 is 35.9 Å². The summed E-state index contributed by atoms with van der Waals surface area (Å²) in [5.41, 5.74) is 4.05. The van der Waals surface area contributed by atoms with Crippen molar-refractivity contribution >= 4 is 39.1 Å². The Kier molecular flexibility index (Phi) is 7.68. The van der Waals surface area contributed by atoms with E-state index in [4.69, 9.17) is 5.73 Å². The molecule has 0 bridgehead atoms.